The number of aliphatic hydroxyl groups is 1. The van der Waals surface area contributed by atoms with Gasteiger partial charge in [-0.2, -0.15) is 5.10 Å². The Balaban J connectivity index is 2.13. The van der Waals surface area contributed by atoms with Crippen molar-refractivity contribution in [3.63, 3.8) is 0 Å². The molecule has 1 heterocycles. The van der Waals surface area contributed by atoms with Gasteiger partial charge in [0.1, 0.15) is 0 Å². The average molecular weight is 260 g/mol. The molecule has 19 heavy (non-hydrogen) atoms. The molecule has 1 aromatic rings. The lowest BCUT2D eigenvalue weighted by Crippen LogP contribution is -2.47. The fourth-order valence-corrected chi connectivity index (χ4v) is 4.09. The van der Waals surface area contributed by atoms with Gasteiger partial charge in [0, 0.05) is 30.2 Å². The largest absolute Gasteiger partial charge is 0.515 e. The monoisotopic (exact) mass is 260 g/mol. The summed E-state index contributed by atoms with van der Waals surface area (Å²) in [5, 5.41) is 14.0. The molecule has 4 heteroatoms. The minimum atomic E-state index is -0.128. The lowest BCUT2D eigenvalue weighted by Gasteiger charge is -2.47. The third kappa shape index (κ3) is 1.58. The van der Waals surface area contributed by atoms with Crippen LogP contribution in [0.15, 0.2) is 18.0 Å². The first kappa shape index (κ1) is 12.5. The minimum absolute atomic E-state index is 0.0349. The summed E-state index contributed by atoms with van der Waals surface area (Å²) in [5.41, 5.74) is 2.83. The molecule has 0 unspecified atom stereocenters. The Labute approximate surface area is 113 Å². The Kier molecular flexibility index (Phi) is 2.59. The first-order valence-corrected chi connectivity index (χ1v) is 6.88. The highest BCUT2D eigenvalue weighted by Gasteiger charge is 2.51. The molecule has 1 saturated carbocycles. The van der Waals surface area contributed by atoms with Gasteiger partial charge < -0.3 is 5.11 Å². The third-order valence-corrected chi connectivity index (χ3v) is 5.04. The molecular formula is C15H20N2O2. The van der Waals surface area contributed by atoms with Gasteiger partial charge in [-0.1, -0.05) is 13.8 Å². The highest BCUT2D eigenvalue weighted by molar-refractivity contribution is 5.98. The predicted octanol–water partition coefficient (Wildman–Crippen LogP) is 2.29. The van der Waals surface area contributed by atoms with Gasteiger partial charge in [0.25, 0.3) is 0 Å². The van der Waals surface area contributed by atoms with E-state index in [1.165, 1.54) is 5.56 Å². The van der Waals surface area contributed by atoms with Crippen molar-refractivity contribution in [2.45, 2.75) is 38.5 Å². The fourth-order valence-electron chi connectivity index (χ4n) is 4.09. The number of hydrogen-bond donors (Lipinski definition) is 1. The number of Topliss-reactive ketones (excluding diaryl/α,β-unsaturated/α-hetero) is 1. The van der Waals surface area contributed by atoms with Crippen LogP contribution in [-0.2, 0) is 23.7 Å². The molecule has 0 spiro atoms. The molecule has 2 aliphatic carbocycles. The van der Waals surface area contributed by atoms with Crippen molar-refractivity contribution in [3.8, 4) is 0 Å². The summed E-state index contributed by atoms with van der Waals surface area (Å²) < 4.78 is 1.86. The number of ketones is 1. The van der Waals surface area contributed by atoms with Crippen LogP contribution in [-0.4, -0.2) is 20.7 Å². The van der Waals surface area contributed by atoms with Crippen molar-refractivity contribution < 1.29 is 9.90 Å². The van der Waals surface area contributed by atoms with E-state index in [0.29, 0.717) is 17.9 Å². The zero-order chi connectivity index (χ0) is 13.8. The van der Waals surface area contributed by atoms with E-state index in [2.05, 4.69) is 18.2 Å². The Bertz CT molecular complexity index is 573. The summed E-state index contributed by atoms with van der Waals surface area (Å²) in [7, 11) is 1.94. The second-order valence-corrected chi connectivity index (χ2v) is 6.22. The van der Waals surface area contributed by atoms with Crippen LogP contribution in [0.1, 0.15) is 37.9 Å². The molecule has 0 aromatic carbocycles. The summed E-state index contributed by atoms with van der Waals surface area (Å²) in [6, 6.07) is 0. The van der Waals surface area contributed by atoms with Crippen LogP contribution in [0.3, 0.4) is 0 Å². The summed E-state index contributed by atoms with van der Waals surface area (Å²) in [6.07, 6.45) is 5.71. The first-order valence-electron chi connectivity index (χ1n) is 6.88. The smallest absolute Gasteiger partial charge is 0.165 e. The molecule has 4 nitrogen and oxygen atoms in total. The zero-order valence-corrected chi connectivity index (χ0v) is 11.7. The molecule has 3 atom stereocenters. The molecule has 1 N–H and O–H groups in total. The fraction of sp³-hybridized carbons (Fsp3) is 0.600. The molecule has 1 fully saturated rings. The van der Waals surface area contributed by atoms with Gasteiger partial charge in [-0.05, 0) is 30.7 Å². The van der Waals surface area contributed by atoms with Gasteiger partial charge in [0.05, 0.1) is 12.0 Å². The third-order valence-electron chi connectivity index (χ3n) is 5.04. The molecule has 0 bridgehead atoms. The molecule has 102 valence electrons. The number of carbonyl (C=O) groups is 1. The molecule has 0 aliphatic heterocycles. The molecule has 1 aromatic heterocycles. The van der Waals surface area contributed by atoms with E-state index >= 15 is 0 Å². The number of aryl methyl sites for hydroxylation is 2. The molecule has 0 amide bonds. The summed E-state index contributed by atoms with van der Waals surface area (Å²) >= 11 is 0. The van der Waals surface area contributed by atoms with Crippen LogP contribution in [0.5, 0.6) is 0 Å². The van der Waals surface area contributed by atoms with Gasteiger partial charge in [-0.25, -0.2) is 0 Å². The second-order valence-electron chi connectivity index (χ2n) is 6.22. The van der Waals surface area contributed by atoms with Crippen LogP contribution in [0.25, 0.3) is 0 Å². The second kappa shape index (κ2) is 3.95. The number of aliphatic hydroxyl groups excluding tert-OH is 1. The Morgan fingerprint density at radius 2 is 2.32 bits per heavy atom. The van der Waals surface area contributed by atoms with E-state index in [0.717, 1.165) is 24.8 Å². The number of fused-ring (bicyclic) bond motifs is 3. The van der Waals surface area contributed by atoms with Crippen LogP contribution in [0.4, 0.5) is 0 Å². The lowest BCUT2D eigenvalue weighted by molar-refractivity contribution is -0.124. The first-order chi connectivity index (χ1) is 8.97. The quantitative estimate of drug-likeness (QED) is 0.575. The molecule has 0 radical (unpaired) electrons. The zero-order valence-electron chi connectivity index (χ0n) is 11.7. The Morgan fingerprint density at radius 1 is 1.58 bits per heavy atom. The molecule has 0 saturated heterocycles. The maximum absolute atomic E-state index is 12.2. The summed E-state index contributed by atoms with van der Waals surface area (Å²) in [6.45, 7) is 4.18. The Morgan fingerprint density at radius 3 is 3.00 bits per heavy atom. The lowest BCUT2D eigenvalue weighted by atomic mass is 9.55. The van der Waals surface area contributed by atoms with Gasteiger partial charge in [-0.3, -0.25) is 9.48 Å². The average Bonchev–Trinajstić information content (AvgIpc) is 2.76. The molecule has 3 rings (SSSR count). The standard InChI is InChI=1S/C15H20N2O2/c1-9-12-5-4-10-7-17(3)16-14(10)15(12,2)6-11(8-18)13(9)19/h7-9,12,18H,4-6H2,1-3H3/b11-8-/t9-,12-,15-/m0/s1. The van der Waals surface area contributed by atoms with E-state index in [4.69, 9.17) is 0 Å². The van der Waals surface area contributed by atoms with Gasteiger partial charge in [0.15, 0.2) is 5.78 Å². The number of allylic oxidation sites excluding steroid dienone is 1. The number of aromatic nitrogens is 2. The van der Waals surface area contributed by atoms with E-state index in [1.807, 2.05) is 18.7 Å². The molecular weight excluding hydrogens is 240 g/mol. The normalized spacial score (nSPS) is 36.2. The van der Waals surface area contributed by atoms with Crippen molar-refractivity contribution in [2.75, 3.05) is 0 Å². The number of rotatable bonds is 0. The van der Waals surface area contributed by atoms with Crippen molar-refractivity contribution >= 4 is 5.78 Å². The van der Waals surface area contributed by atoms with E-state index in [9.17, 15) is 9.90 Å². The minimum Gasteiger partial charge on any atom is -0.515 e. The van der Waals surface area contributed by atoms with Crippen molar-refractivity contribution in [1.82, 2.24) is 9.78 Å². The SMILES string of the molecule is C[C@@H]1C(=O)/C(=C\O)C[C@]2(C)c3nn(C)cc3CC[C@@H]12. The highest BCUT2D eigenvalue weighted by Crippen LogP contribution is 2.51. The van der Waals surface area contributed by atoms with Crippen molar-refractivity contribution in [1.29, 1.82) is 0 Å². The van der Waals surface area contributed by atoms with E-state index in [1.54, 1.807) is 0 Å². The van der Waals surface area contributed by atoms with Gasteiger partial charge in [-0.15, -0.1) is 0 Å². The predicted molar refractivity (Wildman–Crippen MR) is 71.9 cm³/mol. The maximum atomic E-state index is 12.2. The van der Waals surface area contributed by atoms with E-state index in [-0.39, 0.29) is 17.1 Å². The Hall–Kier alpha value is -1.58. The maximum Gasteiger partial charge on any atom is 0.165 e. The van der Waals surface area contributed by atoms with Crippen LogP contribution in [0, 0.1) is 11.8 Å². The van der Waals surface area contributed by atoms with Crippen LogP contribution < -0.4 is 0 Å². The van der Waals surface area contributed by atoms with Crippen LogP contribution in [0.2, 0.25) is 0 Å². The van der Waals surface area contributed by atoms with E-state index < -0.39 is 0 Å². The van der Waals surface area contributed by atoms with Crippen molar-refractivity contribution in [2.24, 2.45) is 18.9 Å². The van der Waals surface area contributed by atoms with Crippen molar-refractivity contribution in [3.05, 3.63) is 29.3 Å². The molecule has 2 aliphatic rings. The number of hydrogen-bond acceptors (Lipinski definition) is 3. The van der Waals surface area contributed by atoms with Gasteiger partial charge in [0.2, 0.25) is 0 Å². The van der Waals surface area contributed by atoms with Gasteiger partial charge >= 0.3 is 0 Å². The summed E-state index contributed by atoms with van der Waals surface area (Å²) in [5.74, 6) is 0.391. The topological polar surface area (TPSA) is 55.1 Å². The highest BCUT2D eigenvalue weighted by atomic mass is 16.2. The number of nitrogens with zero attached hydrogens (tertiary/aromatic N) is 2. The van der Waals surface area contributed by atoms with Crippen LogP contribution >= 0.6 is 0 Å². The summed E-state index contributed by atoms with van der Waals surface area (Å²) in [4.78, 5) is 12.2. The number of carbonyl (C=O) groups excluding carboxylic acids is 1.